The molecule has 1 fully saturated rings. The molecule has 1 amide bonds. The second-order valence-electron chi connectivity index (χ2n) is 4.73. The molecule has 1 aliphatic rings. The van der Waals surface area contributed by atoms with E-state index in [-0.39, 0.29) is 11.7 Å². The third-order valence-corrected chi connectivity index (χ3v) is 3.45. The van der Waals surface area contributed by atoms with E-state index in [9.17, 15) is 9.18 Å². The zero-order chi connectivity index (χ0) is 12.6. The normalized spacial score (nSPS) is 18.8. The van der Waals surface area contributed by atoms with E-state index in [1.54, 1.807) is 6.07 Å². The van der Waals surface area contributed by atoms with Crippen LogP contribution in [0.4, 0.5) is 4.39 Å². The molecule has 5 heteroatoms. The van der Waals surface area contributed by atoms with Crippen LogP contribution < -0.4 is 0 Å². The van der Waals surface area contributed by atoms with Crippen LogP contribution in [0.15, 0.2) is 22.7 Å². The molecule has 17 heavy (non-hydrogen) atoms. The number of rotatable bonds is 2. The predicted molar refractivity (Wildman–Crippen MR) is 64.4 cm³/mol. The topological polar surface area (TPSA) is 29.5 Å². The van der Waals surface area contributed by atoms with Gasteiger partial charge in [-0.25, -0.2) is 9.45 Å². The number of nitrogens with zero attached hydrogens (tertiary/aromatic N) is 1. The average Bonchev–Trinajstić information content (AvgIpc) is 2.49. The second kappa shape index (κ2) is 4.38. The summed E-state index contributed by atoms with van der Waals surface area (Å²) < 4.78 is 13.6. The Morgan fingerprint density at radius 1 is 1.53 bits per heavy atom. The minimum atomic E-state index is -0.480. The van der Waals surface area contributed by atoms with Crippen molar-refractivity contribution in [1.29, 1.82) is 0 Å². The predicted octanol–water partition coefficient (Wildman–Crippen LogP) is 2.89. The fraction of sp³-hybridized carbons (Fsp3) is 0.417. The van der Waals surface area contributed by atoms with Gasteiger partial charge in [-0.1, -0.05) is 22.0 Å². The number of benzene rings is 1. The van der Waals surface area contributed by atoms with Crippen molar-refractivity contribution in [2.24, 2.45) is 5.41 Å². The highest BCUT2D eigenvalue weighted by atomic mass is 79.9. The Morgan fingerprint density at radius 3 is 2.76 bits per heavy atom. The van der Waals surface area contributed by atoms with Crippen LogP contribution in [0.1, 0.15) is 19.4 Å². The molecule has 0 saturated carbocycles. The smallest absolute Gasteiger partial charge is 0.254 e. The first-order valence-corrected chi connectivity index (χ1v) is 6.08. The number of halogens is 2. The van der Waals surface area contributed by atoms with Crippen molar-refractivity contribution in [3.05, 3.63) is 34.1 Å². The summed E-state index contributed by atoms with van der Waals surface area (Å²) >= 11 is 3.27. The van der Waals surface area contributed by atoms with Crippen LogP contribution in [0.3, 0.4) is 0 Å². The van der Waals surface area contributed by atoms with Crippen molar-refractivity contribution in [3.63, 3.8) is 0 Å². The van der Waals surface area contributed by atoms with Crippen molar-refractivity contribution in [1.82, 2.24) is 5.06 Å². The summed E-state index contributed by atoms with van der Waals surface area (Å²) in [7, 11) is 0. The van der Waals surface area contributed by atoms with Gasteiger partial charge < -0.3 is 0 Å². The summed E-state index contributed by atoms with van der Waals surface area (Å²) in [5.41, 5.74) is 0.337. The molecule has 0 bridgehead atoms. The van der Waals surface area contributed by atoms with E-state index in [4.69, 9.17) is 4.84 Å². The molecule has 0 unspecified atom stereocenters. The average molecular weight is 302 g/mol. The van der Waals surface area contributed by atoms with Crippen LogP contribution in [0.25, 0.3) is 0 Å². The molecule has 0 N–H and O–H groups in total. The molecule has 1 saturated heterocycles. The van der Waals surface area contributed by atoms with Crippen LogP contribution >= 0.6 is 15.9 Å². The van der Waals surface area contributed by atoms with Crippen LogP contribution in [0, 0.1) is 11.2 Å². The van der Waals surface area contributed by atoms with Crippen LogP contribution in [-0.4, -0.2) is 17.6 Å². The quantitative estimate of drug-likeness (QED) is 0.840. The van der Waals surface area contributed by atoms with Crippen molar-refractivity contribution < 1.29 is 14.0 Å². The number of amides is 1. The third-order valence-electron chi connectivity index (χ3n) is 2.72. The van der Waals surface area contributed by atoms with Gasteiger partial charge in [0.05, 0.1) is 18.6 Å². The first kappa shape index (κ1) is 12.5. The molecule has 3 nitrogen and oxygen atoms in total. The number of hydroxylamine groups is 2. The molecule has 0 atom stereocenters. The van der Waals surface area contributed by atoms with Gasteiger partial charge in [0, 0.05) is 4.47 Å². The zero-order valence-corrected chi connectivity index (χ0v) is 11.3. The third kappa shape index (κ3) is 2.50. The minimum absolute atomic E-state index is 0.0475. The van der Waals surface area contributed by atoms with E-state index >= 15 is 0 Å². The van der Waals surface area contributed by atoms with Crippen LogP contribution in [0.2, 0.25) is 0 Å². The molecule has 0 aliphatic carbocycles. The summed E-state index contributed by atoms with van der Waals surface area (Å²) in [6.45, 7) is 4.39. The van der Waals surface area contributed by atoms with E-state index in [0.717, 1.165) is 5.56 Å². The highest BCUT2D eigenvalue weighted by molar-refractivity contribution is 9.10. The Hall–Kier alpha value is -0.940. The molecule has 1 aromatic rings. The van der Waals surface area contributed by atoms with Crippen LogP contribution in [0.5, 0.6) is 0 Å². The SMILES string of the molecule is CC1(C)CON(Cc2ccc(F)cc2Br)C1=O. The maximum absolute atomic E-state index is 12.9. The fourth-order valence-corrected chi connectivity index (χ4v) is 2.10. The molecule has 0 aromatic heterocycles. The van der Waals surface area contributed by atoms with Crippen LogP contribution in [-0.2, 0) is 16.2 Å². The van der Waals surface area contributed by atoms with E-state index in [2.05, 4.69) is 15.9 Å². The van der Waals surface area contributed by atoms with E-state index < -0.39 is 5.41 Å². The van der Waals surface area contributed by atoms with E-state index in [1.165, 1.54) is 17.2 Å². The maximum atomic E-state index is 12.9. The minimum Gasteiger partial charge on any atom is -0.272 e. The Labute approximate surface area is 108 Å². The van der Waals surface area contributed by atoms with Crippen molar-refractivity contribution >= 4 is 21.8 Å². The van der Waals surface area contributed by atoms with Gasteiger partial charge in [0.25, 0.3) is 5.91 Å². The lowest BCUT2D eigenvalue weighted by Gasteiger charge is -2.17. The Balaban J connectivity index is 2.15. The first-order chi connectivity index (χ1) is 7.90. The van der Waals surface area contributed by atoms with Gasteiger partial charge in [0.15, 0.2) is 0 Å². The van der Waals surface area contributed by atoms with Crippen molar-refractivity contribution in [2.45, 2.75) is 20.4 Å². The number of carbonyl (C=O) groups is 1. The fourth-order valence-electron chi connectivity index (χ4n) is 1.62. The molecule has 0 spiro atoms. The van der Waals surface area contributed by atoms with E-state index in [0.29, 0.717) is 17.6 Å². The highest BCUT2D eigenvalue weighted by Crippen LogP contribution is 2.29. The highest BCUT2D eigenvalue weighted by Gasteiger charge is 2.40. The molecule has 1 aliphatic heterocycles. The number of carbonyl (C=O) groups excluding carboxylic acids is 1. The molecule has 1 heterocycles. The monoisotopic (exact) mass is 301 g/mol. The summed E-state index contributed by atoms with van der Waals surface area (Å²) in [6.07, 6.45) is 0. The second-order valence-corrected chi connectivity index (χ2v) is 5.59. The van der Waals surface area contributed by atoms with Crippen molar-refractivity contribution in [3.8, 4) is 0 Å². The first-order valence-electron chi connectivity index (χ1n) is 5.29. The van der Waals surface area contributed by atoms with Gasteiger partial charge in [-0.2, -0.15) is 0 Å². The summed E-state index contributed by atoms with van der Waals surface area (Å²) in [6, 6.07) is 4.38. The maximum Gasteiger partial charge on any atom is 0.254 e. The molecule has 1 aromatic carbocycles. The van der Waals surface area contributed by atoms with Gasteiger partial charge in [0.1, 0.15) is 5.82 Å². The molecular formula is C12H13BrFNO2. The number of hydrogen-bond donors (Lipinski definition) is 0. The van der Waals surface area contributed by atoms with E-state index in [1.807, 2.05) is 13.8 Å². The molecular weight excluding hydrogens is 289 g/mol. The lowest BCUT2D eigenvalue weighted by Crippen LogP contribution is -2.30. The van der Waals surface area contributed by atoms with Gasteiger partial charge in [-0.3, -0.25) is 9.63 Å². The Bertz CT molecular complexity index is 462. The summed E-state index contributed by atoms with van der Waals surface area (Å²) in [5.74, 6) is -0.358. The lowest BCUT2D eigenvalue weighted by atomic mass is 9.95. The zero-order valence-electron chi connectivity index (χ0n) is 9.67. The standard InChI is InChI=1S/C12H13BrFNO2/c1-12(2)7-17-15(11(12)16)6-8-3-4-9(14)5-10(8)13/h3-5H,6-7H2,1-2H3. The summed E-state index contributed by atoms with van der Waals surface area (Å²) in [5, 5.41) is 1.33. The lowest BCUT2D eigenvalue weighted by molar-refractivity contribution is -0.165. The summed E-state index contributed by atoms with van der Waals surface area (Å²) in [4.78, 5) is 17.3. The largest absolute Gasteiger partial charge is 0.272 e. The van der Waals surface area contributed by atoms with Gasteiger partial charge >= 0.3 is 0 Å². The van der Waals surface area contributed by atoms with Gasteiger partial charge in [-0.15, -0.1) is 0 Å². The number of hydrogen-bond acceptors (Lipinski definition) is 2. The van der Waals surface area contributed by atoms with Gasteiger partial charge in [0.2, 0.25) is 0 Å². The molecule has 0 radical (unpaired) electrons. The Kier molecular flexibility index (Phi) is 3.23. The Morgan fingerprint density at radius 2 is 2.24 bits per heavy atom. The molecule has 2 rings (SSSR count). The van der Waals surface area contributed by atoms with Gasteiger partial charge in [-0.05, 0) is 31.5 Å². The molecule has 92 valence electrons. The van der Waals surface area contributed by atoms with Crippen molar-refractivity contribution in [2.75, 3.05) is 6.61 Å².